The number of benzene rings is 1. The van der Waals surface area contributed by atoms with Crippen molar-refractivity contribution in [2.75, 3.05) is 13.1 Å². The third-order valence-electron chi connectivity index (χ3n) is 3.51. The van der Waals surface area contributed by atoms with Gasteiger partial charge in [-0.25, -0.2) is 0 Å². The number of nitrogens with one attached hydrogen (secondary N) is 1. The molecule has 1 aromatic carbocycles. The summed E-state index contributed by atoms with van der Waals surface area (Å²) in [6.45, 7) is 3.47. The van der Waals surface area contributed by atoms with E-state index in [-0.39, 0.29) is 0 Å². The Morgan fingerprint density at radius 3 is 2.76 bits per heavy atom. The molecule has 0 unspecified atom stereocenters. The molecule has 1 aliphatic heterocycles. The molecule has 1 N–H and O–H groups in total. The molecule has 0 saturated carbocycles. The highest BCUT2D eigenvalue weighted by Gasteiger charge is 2.12. The summed E-state index contributed by atoms with van der Waals surface area (Å²) in [5.74, 6) is 0. The molecule has 3 heteroatoms. The van der Waals surface area contributed by atoms with Crippen LogP contribution >= 0.6 is 11.6 Å². The molecule has 0 aliphatic carbocycles. The molecule has 0 radical (unpaired) electrons. The quantitative estimate of drug-likeness (QED) is 0.856. The fraction of sp³-hybridized carbons (Fsp3) is 0.429. The highest BCUT2D eigenvalue weighted by molar-refractivity contribution is 6.35. The van der Waals surface area contributed by atoms with Crippen LogP contribution in [0, 0.1) is 0 Å². The summed E-state index contributed by atoms with van der Waals surface area (Å²) in [5.41, 5.74) is 2.42. The highest BCUT2D eigenvalue weighted by atomic mass is 35.5. The Bertz CT molecular complexity index is 512. The number of halogens is 1. The Morgan fingerprint density at radius 2 is 2.00 bits per heavy atom. The Kier molecular flexibility index (Phi) is 3.08. The maximum atomic E-state index is 6.18. The van der Waals surface area contributed by atoms with Gasteiger partial charge in [0.15, 0.2) is 0 Å². The van der Waals surface area contributed by atoms with Gasteiger partial charge in [-0.15, -0.1) is 0 Å². The van der Waals surface area contributed by atoms with Gasteiger partial charge in [-0.05, 0) is 44.1 Å². The molecule has 1 fully saturated rings. The van der Waals surface area contributed by atoms with E-state index in [4.69, 9.17) is 11.6 Å². The molecular formula is C14H17ClN2. The summed E-state index contributed by atoms with van der Waals surface area (Å²) >= 11 is 6.18. The lowest BCUT2D eigenvalue weighted by molar-refractivity contribution is 0.219. The lowest BCUT2D eigenvalue weighted by Gasteiger charge is -2.25. The molecule has 1 saturated heterocycles. The Morgan fingerprint density at radius 1 is 1.18 bits per heavy atom. The van der Waals surface area contributed by atoms with Crippen LogP contribution in [0.3, 0.4) is 0 Å². The lowest BCUT2D eigenvalue weighted by atomic mass is 10.1. The zero-order valence-corrected chi connectivity index (χ0v) is 10.6. The van der Waals surface area contributed by atoms with Crippen molar-refractivity contribution >= 4 is 22.5 Å². The van der Waals surface area contributed by atoms with Gasteiger partial charge < -0.3 is 4.98 Å². The van der Waals surface area contributed by atoms with Crippen molar-refractivity contribution in [3.63, 3.8) is 0 Å². The molecule has 0 spiro atoms. The smallest absolute Gasteiger partial charge is 0.0499 e. The number of piperidine rings is 1. The van der Waals surface area contributed by atoms with Crippen LogP contribution in [0.2, 0.25) is 5.02 Å². The standard InChI is InChI=1S/C14H17ClN2/c15-13-5-4-6-14-12(13)9-11(16-14)10-17-7-2-1-3-8-17/h4-6,9,16H,1-3,7-8,10H2. The minimum absolute atomic E-state index is 0.837. The van der Waals surface area contributed by atoms with E-state index in [1.807, 2.05) is 12.1 Å². The molecule has 1 aromatic heterocycles. The first kappa shape index (κ1) is 11.1. The summed E-state index contributed by atoms with van der Waals surface area (Å²) in [6.07, 6.45) is 4.05. The Balaban J connectivity index is 1.83. The molecule has 2 nitrogen and oxygen atoms in total. The van der Waals surface area contributed by atoms with E-state index in [9.17, 15) is 0 Å². The maximum absolute atomic E-state index is 6.18. The van der Waals surface area contributed by atoms with Crippen LogP contribution in [-0.2, 0) is 6.54 Å². The van der Waals surface area contributed by atoms with Crippen LogP contribution in [0.15, 0.2) is 24.3 Å². The van der Waals surface area contributed by atoms with Crippen molar-refractivity contribution in [3.8, 4) is 0 Å². The molecule has 2 aromatic rings. The van der Waals surface area contributed by atoms with E-state index in [0.29, 0.717) is 0 Å². The highest BCUT2D eigenvalue weighted by Crippen LogP contribution is 2.24. The van der Waals surface area contributed by atoms with Crippen LogP contribution in [0.1, 0.15) is 25.0 Å². The van der Waals surface area contributed by atoms with E-state index in [0.717, 1.165) is 22.5 Å². The Hall–Kier alpha value is -0.990. The van der Waals surface area contributed by atoms with E-state index in [2.05, 4.69) is 22.0 Å². The van der Waals surface area contributed by atoms with E-state index in [1.165, 1.54) is 38.0 Å². The second-order valence-electron chi connectivity index (χ2n) is 4.83. The first-order valence-electron chi connectivity index (χ1n) is 6.31. The molecule has 90 valence electrons. The number of hydrogen-bond donors (Lipinski definition) is 1. The van der Waals surface area contributed by atoms with Crippen molar-refractivity contribution in [2.45, 2.75) is 25.8 Å². The fourth-order valence-corrected chi connectivity index (χ4v) is 2.85. The van der Waals surface area contributed by atoms with Crippen molar-refractivity contribution in [1.29, 1.82) is 0 Å². The predicted molar refractivity (Wildman–Crippen MR) is 72.4 cm³/mol. The van der Waals surface area contributed by atoms with Crippen molar-refractivity contribution in [2.24, 2.45) is 0 Å². The first-order valence-corrected chi connectivity index (χ1v) is 6.69. The molecule has 0 bridgehead atoms. The zero-order valence-electron chi connectivity index (χ0n) is 9.88. The largest absolute Gasteiger partial charge is 0.357 e. The topological polar surface area (TPSA) is 19.0 Å². The summed E-state index contributed by atoms with van der Waals surface area (Å²) in [7, 11) is 0. The maximum Gasteiger partial charge on any atom is 0.0499 e. The van der Waals surface area contributed by atoms with Crippen LogP contribution in [-0.4, -0.2) is 23.0 Å². The van der Waals surface area contributed by atoms with Gasteiger partial charge in [-0.3, -0.25) is 4.90 Å². The van der Waals surface area contributed by atoms with Gasteiger partial charge in [-0.1, -0.05) is 24.1 Å². The number of H-pyrrole nitrogens is 1. The summed E-state index contributed by atoms with van der Waals surface area (Å²) in [4.78, 5) is 5.97. The lowest BCUT2D eigenvalue weighted by Crippen LogP contribution is -2.29. The van der Waals surface area contributed by atoms with E-state index >= 15 is 0 Å². The third kappa shape index (κ3) is 2.33. The molecule has 0 amide bonds. The second-order valence-corrected chi connectivity index (χ2v) is 5.24. The average Bonchev–Trinajstić information content (AvgIpc) is 2.74. The number of nitrogens with zero attached hydrogens (tertiary/aromatic N) is 1. The molecule has 1 aliphatic rings. The fourth-order valence-electron chi connectivity index (χ4n) is 2.62. The van der Waals surface area contributed by atoms with Gasteiger partial charge in [0.25, 0.3) is 0 Å². The number of aromatic nitrogens is 1. The second kappa shape index (κ2) is 4.71. The van der Waals surface area contributed by atoms with Gasteiger partial charge in [0.2, 0.25) is 0 Å². The van der Waals surface area contributed by atoms with Crippen LogP contribution in [0.4, 0.5) is 0 Å². The molecule has 3 rings (SSSR count). The molecule has 2 heterocycles. The van der Waals surface area contributed by atoms with Gasteiger partial charge in [-0.2, -0.15) is 0 Å². The van der Waals surface area contributed by atoms with Crippen LogP contribution in [0.5, 0.6) is 0 Å². The van der Waals surface area contributed by atoms with Crippen LogP contribution < -0.4 is 0 Å². The summed E-state index contributed by atoms with van der Waals surface area (Å²) < 4.78 is 0. The van der Waals surface area contributed by atoms with Crippen molar-refractivity contribution < 1.29 is 0 Å². The molecular weight excluding hydrogens is 232 g/mol. The minimum Gasteiger partial charge on any atom is -0.357 e. The van der Waals surface area contributed by atoms with Gasteiger partial charge in [0, 0.05) is 28.2 Å². The van der Waals surface area contributed by atoms with Gasteiger partial charge >= 0.3 is 0 Å². The summed E-state index contributed by atoms with van der Waals surface area (Å²) in [6, 6.07) is 8.21. The first-order chi connectivity index (χ1) is 8.33. The van der Waals surface area contributed by atoms with E-state index < -0.39 is 0 Å². The zero-order chi connectivity index (χ0) is 11.7. The third-order valence-corrected chi connectivity index (χ3v) is 3.84. The summed E-state index contributed by atoms with van der Waals surface area (Å²) in [5, 5.41) is 1.98. The Labute approximate surface area is 107 Å². The molecule has 0 atom stereocenters. The SMILES string of the molecule is Clc1cccc2[nH]c(CN3CCCCC3)cc12. The van der Waals surface area contributed by atoms with Crippen molar-refractivity contribution in [3.05, 3.63) is 35.0 Å². The number of likely N-dealkylation sites (tertiary alicyclic amines) is 1. The normalized spacial score (nSPS) is 17.7. The van der Waals surface area contributed by atoms with E-state index in [1.54, 1.807) is 0 Å². The molecule has 17 heavy (non-hydrogen) atoms. The minimum atomic E-state index is 0.837. The number of hydrogen-bond acceptors (Lipinski definition) is 1. The van der Waals surface area contributed by atoms with Crippen LogP contribution in [0.25, 0.3) is 10.9 Å². The van der Waals surface area contributed by atoms with Gasteiger partial charge in [0.05, 0.1) is 0 Å². The number of fused-ring (bicyclic) bond motifs is 1. The number of aromatic amines is 1. The van der Waals surface area contributed by atoms with Gasteiger partial charge in [0.1, 0.15) is 0 Å². The predicted octanol–water partition coefficient (Wildman–Crippen LogP) is 3.81. The number of rotatable bonds is 2. The van der Waals surface area contributed by atoms with Crippen molar-refractivity contribution in [1.82, 2.24) is 9.88 Å². The average molecular weight is 249 g/mol. The monoisotopic (exact) mass is 248 g/mol.